The lowest BCUT2D eigenvalue weighted by Gasteiger charge is -1.97. The molecule has 0 atom stereocenters. The summed E-state index contributed by atoms with van der Waals surface area (Å²) in [6, 6.07) is 12.6. The van der Waals surface area contributed by atoms with Gasteiger partial charge in [0.25, 0.3) is 5.69 Å². The number of rotatable bonds is 5. The zero-order chi connectivity index (χ0) is 18.1. The standard InChI is InChI=1S/C17H12N4O2S3/c1-24-12-6-7-13-15(8-12)26-17(18-13)20-16-19-14(9-25-16)10-2-4-11(5-3-10)21(22)23/h2-9H,1H3,(H,18,19,20). The van der Waals surface area contributed by atoms with Crippen molar-refractivity contribution in [2.24, 2.45) is 0 Å². The lowest BCUT2D eigenvalue weighted by Crippen LogP contribution is -1.89. The van der Waals surface area contributed by atoms with Crippen molar-refractivity contribution in [3.63, 3.8) is 0 Å². The number of benzene rings is 2. The van der Waals surface area contributed by atoms with E-state index in [0.29, 0.717) is 0 Å². The molecule has 0 spiro atoms. The Morgan fingerprint density at radius 3 is 2.65 bits per heavy atom. The highest BCUT2D eigenvalue weighted by Gasteiger charge is 2.10. The van der Waals surface area contributed by atoms with Crippen molar-refractivity contribution in [2.75, 3.05) is 11.6 Å². The van der Waals surface area contributed by atoms with Crippen LogP contribution in [0.4, 0.5) is 16.0 Å². The second kappa shape index (κ2) is 7.02. The monoisotopic (exact) mass is 400 g/mol. The van der Waals surface area contributed by atoms with Crippen LogP contribution in [0.15, 0.2) is 52.7 Å². The number of fused-ring (bicyclic) bond motifs is 1. The number of nitrogens with one attached hydrogen (secondary N) is 1. The van der Waals surface area contributed by atoms with E-state index in [2.05, 4.69) is 33.7 Å². The van der Waals surface area contributed by atoms with Gasteiger partial charge in [-0.1, -0.05) is 11.3 Å². The van der Waals surface area contributed by atoms with Gasteiger partial charge in [-0.25, -0.2) is 9.97 Å². The summed E-state index contributed by atoms with van der Waals surface area (Å²) >= 11 is 4.77. The highest BCUT2D eigenvalue weighted by molar-refractivity contribution is 7.98. The second-order valence-electron chi connectivity index (χ2n) is 5.32. The van der Waals surface area contributed by atoms with E-state index in [1.165, 1.54) is 28.4 Å². The van der Waals surface area contributed by atoms with E-state index in [4.69, 9.17) is 0 Å². The Kier molecular flexibility index (Phi) is 4.58. The number of thioether (sulfide) groups is 1. The Morgan fingerprint density at radius 1 is 1.12 bits per heavy atom. The summed E-state index contributed by atoms with van der Waals surface area (Å²) < 4.78 is 1.13. The van der Waals surface area contributed by atoms with Gasteiger partial charge in [0.15, 0.2) is 10.3 Å². The Balaban J connectivity index is 1.55. The summed E-state index contributed by atoms with van der Waals surface area (Å²) in [6.07, 6.45) is 2.05. The van der Waals surface area contributed by atoms with Crippen LogP contribution in [0.1, 0.15) is 0 Å². The summed E-state index contributed by atoms with van der Waals surface area (Å²) in [5, 5.41) is 17.4. The molecule has 130 valence electrons. The fourth-order valence-electron chi connectivity index (χ4n) is 2.39. The Morgan fingerprint density at radius 2 is 1.92 bits per heavy atom. The van der Waals surface area contributed by atoms with Crippen LogP contribution in [0, 0.1) is 10.1 Å². The van der Waals surface area contributed by atoms with Crippen molar-refractivity contribution in [3.8, 4) is 11.3 Å². The van der Waals surface area contributed by atoms with Gasteiger partial charge in [0.2, 0.25) is 0 Å². The van der Waals surface area contributed by atoms with Crippen molar-refractivity contribution < 1.29 is 4.92 Å². The Labute approximate surface area is 161 Å². The molecule has 0 aliphatic heterocycles. The molecule has 2 aromatic heterocycles. The maximum Gasteiger partial charge on any atom is 0.269 e. The number of nitrogens with zero attached hydrogens (tertiary/aromatic N) is 3. The van der Waals surface area contributed by atoms with Crippen molar-refractivity contribution in [2.45, 2.75) is 4.90 Å². The lowest BCUT2D eigenvalue weighted by molar-refractivity contribution is -0.384. The van der Waals surface area contributed by atoms with Gasteiger partial charge < -0.3 is 5.32 Å². The van der Waals surface area contributed by atoms with E-state index in [0.717, 1.165) is 31.7 Å². The second-order valence-corrected chi connectivity index (χ2v) is 8.09. The van der Waals surface area contributed by atoms with Crippen LogP contribution in [0.3, 0.4) is 0 Å². The van der Waals surface area contributed by atoms with E-state index in [1.54, 1.807) is 35.2 Å². The molecule has 2 aromatic carbocycles. The van der Waals surface area contributed by atoms with E-state index < -0.39 is 4.92 Å². The van der Waals surface area contributed by atoms with E-state index in [9.17, 15) is 10.1 Å². The molecule has 0 aliphatic rings. The van der Waals surface area contributed by atoms with Crippen molar-refractivity contribution >= 4 is 60.6 Å². The summed E-state index contributed by atoms with van der Waals surface area (Å²) in [5.74, 6) is 0. The first kappa shape index (κ1) is 17.0. The van der Waals surface area contributed by atoms with Crippen LogP contribution < -0.4 is 5.32 Å². The largest absolute Gasteiger partial charge is 0.307 e. The Bertz CT molecular complexity index is 1090. The van der Waals surface area contributed by atoms with Gasteiger partial charge in [-0.2, -0.15) is 0 Å². The first-order chi connectivity index (χ1) is 12.6. The average Bonchev–Trinajstić information content (AvgIpc) is 3.27. The van der Waals surface area contributed by atoms with Crippen molar-refractivity contribution in [3.05, 3.63) is 58.0 Å². The average molecular weight is 401 g/mol. The topological polar surface area (TPSA) is 81.0 Å². The third kappa shape index (κ3) is 3.41. The fourth-order valence-corrected chi connectivity index (χ4v) is 4.60. The van der Waals surface area contributed by atoms with Crippen LogP contribution in [-0.4, -0.2) is 21.1 Å². The minimum atomic E-state index is -0.409. The summed E-state index contributed by atoms with van der Waals surface area (Å²) in [5.41, 5.74) is 2.65. The van der Waals surface area contributed by atoms with Gasteiger partial charge in [0, 0.05) is 28.0 Å². The first-order valence-corrected chi connectivity index (χ1v) is 10.5. The molecule has 2 heterocycles. The molecule has 0 saturated heterocycles. The van der Waals surface area contributed by atoms with Crippen LogP contribution in [0.5, 0.6) is 0 Å². The molecule has 26 heavy (non-hydrogen) atoms. The molecule has 4 aromatic rings. The zero-order valence-corrected chi connectivity index (χ0v) is 16.0. The molecule has 9 heteroatoms. The predicted molar refractivity (Wildman–Crippen MR) is 109 cm³/mol. The first-order valence-electron chi connectivity index (χ1n) is 7.54. The number of nitro groups is 1. The molecular weight excluding hydrogens is 388 g/mol. The van der Waals surface area contributed by atoms with Gasteiger partial charge in [-0.3, -0.25) is 10.1 Å². The van der Waals surface area contributed by atoms with Crippen LogP contribution in [-0.2, 0) is 0 Å². The van der Waals surface area contributed by atoms with E-state index >= 15 is 0 Å². The summed E-state index contributed by atoms with van der Waals surface area (Å²) in [7, 11) is 0. The maximum absolute atomic E-state index is 10.7. The molecule has 0 saturated carbocycles. The van der Waals surface area contributed by atoms with Crippen LogP contribution in [0.25, 0.3) is 21.5 Å². The van der Waals surface area contributed by atoms with Crippen LogP contribution >= 0.6 is 34.4 Å². The quantitative estimate of drug-likeness (QED) is 0.259. The number of anilines is 2. The number of non-ortho nitro benzene ring substituents is 1. The van der Waals surface area contributed by atoms with Gasteiger partial charge in [0.05, 0.1) is 20.8 Å². The number of hydrogen-bond acceptors (Lipinski definition) is 8. The molecular formula is C17H12N4O2S3. The summed E-state index contributed by atoms with van der Waals surface area (Å²) in [4.78, 5) is 20.7. The van der Waals surface area contributed by atoms with Gasteiger partial charge in [-0.15, -0.1) is 23.1 Å². The normalized spacial score (nSPS) is 11.0. The Hall–Kier alpha value is -2.49. The van der Waals surface area contributed by atoms with Gasteiger partial charge >= 0.3 is 0 Å². The number of aromatic nitrogens is 2. The number of hydrogen-bond donors (Lipinski definition) is 1. The van der Waals surface area contributed by atoms with E-state index in [-0.39, 0.29) is 5.69 Å². The molecule has 6 nitrogen and oxygen atoms in total. The van der Waals surface area contributed by atoms with E-state index in [1.807, 2.05) is 11.4 Å². The maximum atomic E-state index is 10.7. The molecule has 4 rings (SSSR count). The zero-order valence-electron chi connectivity index (χ0n) is 13.5. The molecule has 0 unspecified atom stereocenters. The lowest BCUT2D eigenvalue weighted by atomic mass is 10.1. The molecule has 0 bridgehead atoms. The molecule has 0 amide bonds. The minimum Gasteiger partial charge on any atom is -0.307 e. The third-order valence-corrected chi connectivity index (χ3v) is 6.10. The molecule has 0 aliphatic carbocycles. The van der Waals surface area contributed by atoms with Crippen molar-refractivity contribution in [1.82, 2.24) is 9.97 Å². The molecule has 0 fully saturated rings. The highest BCUT2D eigenvalue weighted by Crippen LogP contribution is 2.33. The highest BCUT2D eigenvalue weighted by atomic mass is 32.2. The van der Waals surface area contributed by atoms with Crippen molar-refractivity contribution in [1.29, 1.82) is 0 Å². The number of nitro benzene ring substituents is 1. The van der Waals surface area contributed by atoms with Crippen LogP contribution in [0.2, 0.25) is 0 Å². The minimum absolute atomic E-state index is 0.0708. The third-order valence-electron chi connectivity index (χ3n) is 3.69. The predicted octanol–water partition coefficient (Wildman–Crippen LogP) is 5.79. The molecule has 0 radical (unpaired) electrons. The number of thiazole rings is 2. The smallest absolute Gasteiger partial charge is 0.269 e. The summed E-state index contributed by atoms with van der Waals surface area (Å²) in [6.45, 7) is 0. The fraction of sp³-hybridized carbons (Fsp3) is 0.0588. The van der Waals surface area contributed by atoms with Gasteiger partial charge in [0.1, 0.15) is 0 Å². The van der Waals surface area contributed by atoms with Gasteiger partial charge in [-0.05, 0) is 36.6 Å². The molecule has 1 N–H and O–H groups in total. The SMILES string of the molecule is CSc1ccc2nc(Nc3nc(-c4ccc([N+](=O)[O-])cc4)cs3)sc2c1.